The molecule has 2 heterocycles. The van der Waals surface area contributed by atoms with Gasteiger partial charge in [0.05, 0.1) is 6.54 Å². The quantitative estimate of drug-likeness (QED) is 0.808. The van der Waals surface area contributed by atoms with E-state index in [9.17, 15) is 4.79 Å². The van der Waals surface area contributed by atoms with Crippen molar-refractivity contribution in [2.45, 2.75) is 13.5 Å². The Labute approximate surface area is 85.3 Å². The van der Waals surface area contributed by atoms with Crippen molar-refractivity contribution >= 4 is 5.91 Å². The standard InChI is InChI=1S/C9H9N3O3/c1-6-8(11-5-14-6)4-10-9(13)7-2-3-15-12-7/h2-3,5H,4H2,1H3,(H,10,13). The molecule has 0 atom stereocenters. The summed E-state index contributed by atoms with van der Waals surface area (Å²) in [6, 6.07) is 1.49. The van der Waals surface area contributed by atoms with Crippen LogP contribution in [0.25, 0.3) is 0 Å². The zero-order chi connectivity index (χ0) is 10.7. The monoisotopic (exact) mass is 207 g/mol. The second kappa shape index (κ2) is 3.95. The van der Waals surface area contributed by atoms with Crippen LogP contribution in [0.4, 0.5) is 0 Å². The summed E-state index contributed by atoms with van der Waals surface area (Å²) in [6.45, 7) is 2.10. The van der Waals surface area contributed by atoms with Crippen LogP contribution in [0.15, 0.2) is 27.7 Å². The van der Waals surface area contributed by atoms with Crippen molar-refractivity contribution in [2.75, 3.05) is 0 Å². The molecule has 2 aromatic heterocycles. The van der Waals surface area contributed by atoms with Crippen LogP contribution in [-0.4, -0.2) is 16.0 Å². The molecule has 0 aliphatic heterocycles. The summed E-state index contributed by atoms with van der Waals surface area (Å²) in [6.07, 6.45) is 2.68. The van der Waals surface area contributed by atoms with Gasteiger partial charge in [0.2, 0.25) is 0 Å². The van der Waals surface area contributed by atoms with Crippen LogP contribution < -0.4 is 5.32 Å². The minimum atomic E-state index is -0.300. The van der Waals surface area contributed by atoms with E-state index in [4.69, 9.17) is 4.42 Å². The summed E-state index contributed by atoms with van der Waals surface area (Å²) >= 11 is 0. The van der Waals surface area contributed by atoms with Crippen LogP contribution in [0.2, 0.25) is 0 Å². The van der Waals surface area contributed by atoms with Crippen molar-refractivity contribution in [1.29, 1.82) is 0 Å². The molecule has 0 fully saturated rings. The van der Waals surface area contributed by atoms with E-state index in [1.165, 1.54) is 18.7 Å². The van der Waals surface area contributed by atoms with E-state index in [1.54, 1.807) is 6.92 Å². The first-order valence-corrected chi connectivity index (χ1v) is 4.35. The lowest BCUT2D eigenvalue weighted by molar-refractivity contribution is 0.0941. The summed E-state index contributed by atoms with van der Waals surface area (Å²) < 4.78 is 9.54. The molecular formula is C9H9N3O3. The van der Waals surface area contributed by atoms with Gasteiger partial charge in [-0.25, -0.2) is 4.98 Å². The van der Waals surface area contributed by atoms with Gasteiger partial charge >= 0.3 is 0 Å². The highest BCUT2D eigenvalue weighted by Crippen LogP contribution is 2.04. The largest absolute Gasteiger partial charge is 0.448 e. The van der Waals surface area contributed by atoms with Crippen molar-refractivity contribution in [3.05, 3.63) is 35.9 Å². The van der Waals surface area contributed by atoms with Gasteiger partial charge < -0.3 is 14.3 Å². The van der Waals surface area contributed by atoms with Gasteiger partial charge in [-0.3, -0.25) is 4.79 Å². The zero-order valence-electron chi connectivity index (χ0n) is 8.06. The molecule has 1 N–H and O–H groups in total. The van der Waals surface area contributed by atoms with Crippen molar-refractivity contribution < 1.29 is 13.7 Å². The van der Waals surface area contributed by atoms with Crippen LogP contribution in [0, 0.1) is 6.92 Å². The number of carbonyl (C=O) groups excluding carboxylic acids is 1. The van der Waals surface area contributed by atoms with Crippen molar-refractivity contribution in [3.63, 3.8) is 0 Å². The molecule has 0 aliphatic carbocycles. The fourth-order valence-corrected chi connectivity index (χ4v) is 1.08. The van der Waals surface area contributed by atoms with E-state index in [0.717, 1.165) is 0 Å². The first-order valence-electron chi connectivity index (χ1n) is 4.35. The van der Waals surface area contributed by atoms with E-state index in [1.807, 2.05) is 0 Å². The number of nitrogens with one attached hydrogen (secondary N) is 1. The third kappa shape index (κ3) is 2.04. The number of rotatable bonds is 3. The van der Waals surface area contributed by atoms with Gasteiger partial charge in [0.15, 0.2) is 12.1 Å². The maximum Gasteiger partial charge on any atom is 0.273 e. The Morgan fingerprint density at radius 3 is 3.07 bits per heavy atom. The first-order chi connectivity index (χ1) is 7.27. The number of carbonyl (C=O) groups is 1. The summed E-state index contributed by atoms with van der Waals surface area (Å²) in [7, 11) is 0. The van der Waals surface area contributed by atoms with Crippen LogP contribution >= 0.6 is 0 Å². The van der Waals surface area contributed by atoms with E-state index in [-0.39, 0.29) is 11.6 Å². The summed E-state index contributed by atoms with van der Waals surface area (Å²) in [5.74, 6) is 0.390. The van der Waals surface area contributed by atoms with E-state index < -0.39 is 0 Å². The van der Waals surface area contributed by atoms with Crippen molar-refractivity contribution in [3.8, 4) is 0 Å². The number of amides is 1. The SMILES string of the molecule is Cc1ocnc1CNC(=O)c1ccon1. The van der Waals surface area contributed by atoms with E-state index >= 15 is 0 Å². The molecule has 6 heteroatoms. The van der Waals surface area contributed by atoms with Gasteiger partial charge in [-0.2, -0.15) is 0 Å². The molecular weight excluding hydrogens is 198 g/mol. The number of oxazole rings is 1. The Kier molecular flexibility index (Phi) is 2.49. The summed E-state index contributed by atoms with van der Waals surface area (Å²) in [5.41, 5.74) is 0.947. The summed E-state index contributed by atoms with van der Waals surface area (Å²) in [4.78, 5) is 15.4. The van der Waals surface area contributed by atoms with Gasteiger partial charge in [0.25, 0.3) is 5.91 Å². The maximum absolute atomic E-state index is 11.4. The second-order valence-corrected chi connectivity index (χ2v) is 2.92. The number of hydrogen-bond acceptors (Lipinski definition) is 5. The molecule has 0 saturated heterocycles. The van der Waals surface area contributed by atoms with Crippen molar-refractivity contribution in [1.82, 2.24) is 15.5 Å². The summed E-state index contributed by atoms with van der Waals surface area (Å²) in [5, 5.41) is 6.15. The van der Waals surface area contributed by atoms with Crippen LogP contribution in [-0.2, 0) is 6.54 Å². The molecule has 15 heavy (non-hydrogen) atoms. The Hall–Kier alpha value is -2.11. The lowest BCUT2D eigenvalue weighted by Gasteiger charge is -1.99. The molecule has 0 spiro atoms. The van der Waals surface area contributed by atoms with Crippen LogP contribution in [0.5, 0.6) is 0 Å². The highest BCUT2D eigenvalue weighted by atomic mass is 16.5. The molecule has 0 saturated carbocycles. The van der Waals surface area contributed by atoms with E-state index in [0.29, 0.717) is 18.0 Å². The average Bonchev–Trinajstić information content (AvgIpc) is 2.85. The third-order valence-corrected chi connectivity index (χ3v) is 1.93. The minimum Gasteiger partial charge on any atom is -0.448 e. The zero-order valence-corrected chi connectivity index (χ0v) is 8.06. The topological polar surface area (TPSA) is 81.2 Å². The number of nitrogens with zero attached hydrogens (tertiary/aromatic N) is 2. The predicted molar refractivity (Wildman–Crippen MR) is 48.9 cm³/mol. The normalized spacial score (nSPS) is 10.2. The highest BCUT2D eigenvalue weighted by molar-refractivity contribution is 5.91. The lowest BCUT2D eigenvalue weighted by Crippen LogP contribution is -2.23. The smallest absolute Gasteiger partial charge is 0.273 e. The van der Waals surface area contributed by atoms with Gasteiger partial charge in [0.1, 0.15) is 17.7 Å². The van der Waals surface area contributed by atoms with Crippen LogP contribution in [0.3, 0.4) is 0 Å². The molecule has 0 unspecified atom stereocenters. The first kappa shape index (κ1) is 9.45. The highest BCUT2D eigenvalue weighted by Gasteiger charge is 2.10. The Morgan fingerprint density at radius 2 is 2.47 bits per heavy atom. The Bertz CT molecular complexity index is 447. The molecule has 1 amide bonds. The minimum absolute atomic E-state index is 0.246. The molecule has 78 valence electrons. The van der Waals surface area contributed by atoms with Gasteiger partial charge in [-0.15, -0.1) is 0 Å². The Balaban J connectivity index is 1.95. The second-order valence-electron chi connectivity index (χ2n) is 2.92. The van der Waals surface area contributed by atoms with E-state index in [2.05, 4.69) is 20.0 Å². The van der Waals surface area contributed by atoms with Gasteiger partial charge in [-0.1, -0.05) is 5.16 Å². The average molecular weight is 207 g/mol. The molecule has 0 radical (unpaired) electrons. The molecule has 0 bridgehead atoms. The Morgan fingerprint density at radius 1 is 1.60 bits per heavy atom. The lowest BCUT2D eigenvalue weighted by atomic mass is 10.3. The predicted octanol–water partition coefficient (Wildman–Crippen LogP) is 0.901. The molecule has 2 aromatic rings. The maximum atomic E-state index is 11.4. The number of hydrogen-bond donors (Lipinski definition) is 1. The third-order valence-electron chi connectivity index (χ3n) is 1.93. The fourth-order valence-electron chi connectivity index (χ4n) is 1.08. The van der Waals surface area contributed by atoms with Gasteiger partial charge in [0, 0.05) is 6.07 Å². The van der Waals surface area contributed by atoms with Crippen molar-refractivity contribution in [2.24, 2.45) is 0 Å². The molecule has 2 rings (SSSR count). The fraction of sp³-hybridized carbons (Fsp3) is 0.222. The van der Waals surface area contributed by atoms with Gasteiger partial charge in [-0.05, 0) is 6.92 Å². The van der Waals surface area contributed by atoms with Crippen LogP contribution in [0.1, 0.15) is 21.9 Å². The molecule has 6 nitrogen and oxygen atoms in total. The molecule has 0 aromatic carbocycles. The number of aromatic nitrogens is 2. The number of aryl methyl sites for hydroxylation is 1. The molecule has 0 aliphatic rings.